The van der Waals surface area contributed by atoms with E-state index in [0.717, 1.165) is 5.56 Å². The summed E-state index contributed by atoms with van der Waals surface area (Å²) in [6.07, 6.45) is 3.72. The molecule has 1 saturated heterocycles. The molecule has 2 rings (SSSR count). The fourth-order valence-electron chi connectivity index (χ4n) is 1.92. The quantitative estimate of drug-likeness (QED) is 0.807. The molecule has 1 aromatic rings. The molecule has 0 bridgehead atoms. The van der Waals surface area contributed by atoms with Crippen LogP contribution in [0.15, 0.2) is 24.5 Å². The first-order chi connectivity index (χ1) is 8.31. The SMILES string of the molecule is NCCC1OCCN(Cc2cccnc2)C1=O. The molecule has 1 aliphatic heterocycles. The van der Waals surface area contributed by atoms with Crippen LogP contribution in [0.25, 0.3) is 0 Å². The summed E-state index contributed by atoms with van der Waals surface area (Å²) in [5.41, 5.74) is 6.50. The number of morpholine rings is 1. The van der Waals surface area contributed by atoms with Gasteiger partial charge in [-0.1, -0.05) is 6.07 Å². The third-order valence-corrected chi connectivity index (χ3v) is 2.79. The lowest BCUT2D eigenvalue weighted by atomic mass is 10.1. The van der Waals surface area contributed by atoms with Gasteiger partial charge in [-0.2, -0.15) is 0 Å². The number of pyridine rings is 1. The van der Waals surface area contributed by atoms with Gasteiger partial charge in [-0.05, 0) is 24.6 Å². The first-order valence-electron chi connectivity index (χ1n) is 5.80. The van der Waals surface area contributed by atoms with Crippen molar-refractivity contribution in [3.8, 4) is 0 Å². The van der Waals surface area contributed by atoms with Crippen molar-refractivity contribution < 1.29 is 9.53 Å². The molecule has 0 radical (unpaired) electrons. The van der Waals surface area contributed by atoms with E-state index in [1.807, 2.05) is 12.1 Å². The molecule has 0 aromatic carbocycles. The van der Waals surface area contributed by atoms with E-state index in [4.69, 9.17) is 10.5 Å². The van der Waals surface area contributed by atoms with Crippen molar-refractivity contribution in [1.29, 1.82) is 0 Å². The molecule has 17 heavy (non-hydrogen) atoms. The molecular weight excluding hydrogens is 218 g/mol. The van der Waals surface area contributed by atoms with Crippen molar-refractivity contribution in [2.45, 2.75) is 19.1 Å². The van der Waals surface area contributed by atoms with Crippen molar-refractivity contribution >= 4 is 5.91 Å². The van der Waals surface area contributed by atoms with E-state index >= 15 is 0 Å². The van der Waals surface area contributed by atoms with Crippen LogP contribution >= 0.6 is 0 Å². The Hall–Kier alpha value is -1.46. The number of ether oxygens (including phenoxy) is 1. The highest BCUT2D eigenvalue weighted by Gasteiger charge is 2.28. The average Bonchev–Trinajstić information content (AvgIpc) is 2.36. The fraction of sp³-hybridized carbons (Fsp3) is 0.500. The maximum Gasteiger partial charge on any atom is 0.252 e. The topological polar surface area (TPSA) is 68.5 Å². The molecule has 1 aliphatic rings. The zero-order valence-electron chi connectivity index (χ0n) is 9.71. The predicted molar refractivity (Wildman–Crippen MR) is 63.1 cm³/mol. The van der Waals surface area contributed by atoms with E-state index < -0.39 is 0 Å². The van der Waals surface area contributed by atoms with Crippen LogP contribution in [-0.4, -0.2) is 41.6 Å². The third-order valence-electron chi connectivity index (χ3n) is 2.79. The van der Waals surface area contributed by atoms with E-state index in [9.17, 15) is 4.79 Å². The van der Waals surface area contributed by atoms with E-state index in [-0.39, 0.29) is 12.0 Å². The smallest absolute Gasteiger partial charge is 0.252 e. The highest BCUT2D eigenvalue weighted by atomic mass is 16.5. The second kappa shape index (κ2) is 5.75. The van der Waals surface area contributed by atoms with Crippen molar-refractivity contribution in [3.63, 3.8) is 0 Å². The van der Waals surface area contributed by atoms with Crippen LogP contribution in [0.2, 0.25) is 0 Å². The van der Waals surface area contributed by atoms with Crippen LogP contribution in [0.1, 0.15) is 12.0 Å². The molecule has 2 N–H and O–H groups in total. The van der Waals surface area contributed by atoms with E-state index in [1.165, 1.54) is 0 Å². The van der Waals surface area contributed by atoms with Gasteiger partial charge in [0.25, 0.3) is 5.91 Å². The van der Waals surface area contributed by atoms with Crippen LogP contribution in [0, 0.1) is 0 Å². The summed E-state index contributed by atoms with van der Waals surface area (Å²) in [6, 6.07) is 3.84. The van der Waals surface area contributed by atoms with Gasteiger partial charge in [-0.3, -0.25) is 9.78 Å². The molecule has 0 aliphatic carbocycles. The number of carbonyl (C=O) groups is 1. The molecule has 0 spiro atoms. The molecule has 5 heteroatoms. The van der Waals surface area contributed by atoms with Gasteiger partial charge in [0.1, 0.15) is 6.10 Å². The molecule has 5 nitrogen and oxygen atoms in total. The number of carbonyl (C=O) groups excluding carboxylic acids is 1. The van der Waals surface area contributed by atoms with Crippen LogP contribution in [-0.2, 0) is 16.1 Å². The summed E-state index contributed by atoms with van der Waals surface area (Å²) in [6.45, 7) is 2.28. The largest absolute Gasteiger partial charge is 0.366 e. The lowest BCUT2D eigenvalue weighted by Crippen LogP contribution is -2.47. The summed E-state index contributed by atoms with van der Waals surface area (Å²) >= 11 is 0. The Labute approximate surface area is 101 Å². The van der Waals surface area contributed by atoms with Crippen molar-refractivity contribution in [2.75, 3.05) is 19.7 Å². The number of nitrogens with zero attached hydrogens (tertiary/aromatic N) is 2. The highest BCUT2D eigenvalue weighted by Crippen LogP contribution is 2.13. The molecule has 1 unspecified atom stereocenters. The van der Waals surface area contributed by atoms with Crippen LogP contribution in [0.3, 0.4) is 0 Å². The number of amides is 1. The van der Waals surface area contributed by atoms with Crippen molar-refractivity contribution in [3.05, 3.63) is 30.1 Å². The molecule has 1 fully saturated rings. The van der Waals surface area contributed by atoms with E-state index in [0.29, 0.717) is 32.7 Å². The Kier molecular flexibility index (Phi) is 4.06. The minimum atomic E-state index is -0.370. The lowest BCUT2D eigenvalue weighted by Gasteiger charge is -2.32. The van der Waals surface area contributed by atoms with Gasteiger partial charge in [-0.25, -0.2) is 0 Å². The lowest BCUT2D eigenvalue weighted by molar-refractivity contribution is -0.153. The van der Waals surface area contributed by atoms with Crippen molar-refractivity contribution in [2.24, 2.45) is 5.73 Å². The Balaban J connectivity index is 1.98. The Morgan fingerprint density at radius 1 is 1.59 bits per heavy atom. The first kappa shape index (κ1) is 12.0. The van der Waals surface area contributed by atoms with Gasteiger partial charge in [0.15, 0.2) is 0 Å². The van der Waals surface area contributed by atoms with Crippen LogP contribution in [0.4, 0.5) is 0 Å². The number of hydrogen-bond acceptors (Lipinski definition) is 4. The standard InChI is InChI=1S/C12H17N3O2/c13-4-3-11-12(16)15(6-7-17-11)9-10-2-1-5-14-8-10/h1-2,5,8,11H,3-4,6-7,9,13H2. The Morgan fingerprint density at radius 3 is 3.18 bits per heavy atom. The normalized spacial score (nSPS) is 20.6. The second-order valence-corrected chi connectivity index (χ2v) is 4.06. The van der Waals surface area contributed by atoms with E-state index in [2.05, 4.69) is 4.98 Å². The number of rotatable bonds is 4. The van der Waals surface area contributed by atoms with Crippen LogP contribution in [0.5, 0.6) is 0 Å². The molecule has 1 atom stereocenters. The minimum absolute atomic E-state index is 0.0329. The second-order valence-electron chi connectivity index (χ2n) is 4.06. The van der Waals surface area contributed by atoms with Gasteiger partial charge in [-0.15, -0.1) is 0 Å². The summed E-state index contributed by atoms with van der Waals surface area (Å²) < 4.78 is 5.41. The van der Waals surface area contributed by atoms with Crippen LogP contribution < -0.4 is 5.73 Å². The predicted octanol–water partition coefficient (Wildman–Crippen LogP) is 0.158. The monoisotopic (exact) mass is 235 g/mol. The maximum absolute atomic E-state index is 12.0. The Bertz CT molecular complexity index is 367. The summed E-state index contributed by atoms with van der Waals surface area (Å²) in [5, 5.41) is 0. The zero-order chi connectivity index (χ0) is 12.1. The number of hydrogen-bond donors (Lipinski definition) is 1. The van der Waals surface area contributed by atoms with Gasteiger partial charge >= 0.3 is 0 Å². The maximum atomic E-state index is 12.0. The molecule has 1 amide bonds. The highest BCUT2D eigenvalue weighted by molar-refractivity contribution is 5.81. The van der Waals surface area contributed by atoms with E-state index in [1.54, 1.807) is 17.3 Å². The number of aromatic nitrogens is 1. The molecule has 2 heterocycles. The first-order valence-corrected chi connectivity index (χ1v) is 5.80. The fourth-order valence-corrected chi connectivity index (χ4v) is 1.92. The zero-order valence-corrected chi connectivity index (χ0v) is 9.71. The summed E-state index contributed by atoms with van der Waals surface area (Å²) in [7, 11) is 0. The molecule has 1 aromatic heterocycles. The van der Waals surface area contributed by atoms with Crippen molar-refractivity contribution in [1.82, 2.24) is 9.88 Å². The van der Waals surface area contributed by atoms with Gasteiger partial charge in [0.2, 0.25) is 0 Å². The summed E-state index contributed by atoms with van der Waals surface area (Å²) in [4.78, 5) is 17.9. The molecular formula is C12H17N3O2. The minimum Gasteiger partial charge on any atom is -0.366 e. The molecule has 92 valence electrons. The van der Waals surface area contributed by atoms with Gasteiger partial charge in [0, 0.05) is 25.5 Å². The average molecular weight is 235 g/mol. The summed E-state index contributed by atoms with van der Waals surface area (Å²) in [5.74, 6) is 0.0329. The van der Waals surface area contributed by atoms with Gasteiger partial charge < -0.3 is 15.4 Å². The molecule has 0 saturated carbocycles. The van der Waals surface area contributed by atoms with Gasteiger partial charge in [0.05, 0.1) is 6.61 Å². The number of nitrogens with two attached hydrogens (primary N) is 1. The third kappa shape index (κ3) is 3.01. The Morgan fingerprint density at radius 2 is 2.47 bits per heavy atom.